The molecule has 4 heteroatoms. The maximum atomic E-state index is 12.3. The Morgan fingerprint density at radius 1 is 1.30 bits per heavy atom. The van der Waals surface area contributed by atoms with Crippen molar-refractivity contribution >= 4 is 17.4 Å². The van der Waals surface area contributed by atoms with Crippen LogP contribution in [0.5, 0.6) is 0 Å². The van der Waals surface area contributed by atoms with Crippen LogP contribution in [-0.2, 0) is 24.7 Å². The van der Waals surface area contributed by atoms with E-state index in [0.29, 0.717) is 29.6 Å². The lowest BCUT2D eigenvalue weighted by Gasteiger charge is -2.12. The molecule has 0 bridgehead atoms. The predicted octanol–water partition coefficient (Wildman–Crippen LogP) is 4.11. The molecule has 1 aromatic rings. The van der Waals surface area contributed by atoms with E-state index in [1.165, 1.54) is 38.5 Å². The van der Waals surface area contributed by atoms with E-state index < -0.39 is 0 Å². The summed E-state index contributed by atoms with van der Waals surface area (Å²) in [4.78, 5) is 12.3. The average molecular weight is 297 g/mol. The fourth-order valence-electron chi connectivity index (χ4n) is 3.16. The minimum absolute atomic E-state index is 0.310. The normalized spacial score (nSPS) is 17.1. The average Bonchev–Trinajstić information content (AvgIpc) is 2.63. The van der Waals surface area contributed by atoms with Crippen LogP contribution < -0.4 is 0 Å². The van der Waals surface area contributed by atoms with Crippen molar-refractivity contribution in [3.8, 4) is 0 Å². The molecular weight excluding hydrogens is 272 g/mol. The Balaban J connectivity index is 1.95. The Bertz CT molecular complexity index is 459. The predicted molar refractivity (Wildman–Crippen MR) is 82.1 cm³/mol. The van der Waals surface area contributed by atoms with E-state index >= 15 is 0 Å². The van der Waals surface area contributed by atoms with Crippen LogP contribution in [-0.4, -0.2) is 15.6 Å². The number of aromatic nitrogens is 2. The number of hydrogen-bond donors (Lipinski definition) is 0. The van der Waals surface area contributed by atoms with Crippen LogP contribution in [0.2, 0.25) is 5.02 Å². The Labute approximate surface area is 126 Å². The van der Waals surface area contributed by atoms with Gasteiger partial charge in [-0.2, -0.15) is 5.10 Å². The Morgan fingerprint density at radius 3 is 2.50 bits per heavy atom. The molecule has 1 aliphatic rings. The zero-order valence-corrected chi connectivity index (χ0v) is 13.4. The van der Waals surface area contributed by atoms with Gasteiger partial charge in [0.2, 0.25) is 0 Å². The molecular formula is C16H25ClN2O. The zero-order valence-electron chi connectivity index (χ0n) is 12.6. The number of aryl methyl sites for hydroxylation is 2. The maximum absolute atomic E-state index is 12.3. The third kappa shape index (κ3) is 3.85. The van der Waals surface area contributed by atoms with Gasteiger partial charge < -0.3 is 0 Å². The summed E-state index contributed by atoms with van der Waals surface area (Å²) in [6, 6.07) is 0. The lowest BCUT2D eigenvalue weighted by molar-refractivity contribution is -0.119. The molecule has 1 aromatic heterocycles. The molecule has 0 atom stereocenters. The Kier molecular flexibility index (Phi) is 5.64. The minimum atomic E-state index is 0.310. The zero-order chi connectivity index (χ0) is 14.5. The van der Waals surface area contributed by atoms with Gasteiger partial charge in [-0.25, -0.2) is 0 Å². The molecule has 0 aliphatic heterocycles. The summed E-state index contributed by atoms with van der Waals surface area (Å²) in [6.07, 6.45) is 9.60. The topological polar surface area (TPSA) is 34.9 Å². The molecule has 1 fully saturated rings. The van der Waals surface area contributed by atoms with Crippen molar-refractivity contribution < 1.29 is 4.79 Å². The van der Waals surface area contributed by atoms with E-state index in [0.717, 1.165) is 17.8 Å². The molecule has 0 spiro atoms. The Hall–Kier alpha value is -0.830. The molecule has 112 valence electrons. The fraction of sp³-hybridized carbons (Fsp3) is 0.750. The van der Waals surface area contributed by atoms with Crippen LogP contribution in [0.1, 0.15) is 63.3 Å². The van der Waals surface area contributed by atoms with Crippen molar-refractivity contribution in [3.63, 3.8) is 0 Å². The van der Waals surface area contributed by atoms with Gasteiger partial charge >= 0.3 is 0 Å². The first kappa shape index (κ1) is 15.6. The van der Waals surface area contributed by atoms with Gasteiger partial charge in [-0.05, 0) is 12.3 Å². The van der Waals surface area contributed by atoms with Gasteiger partial charge in [0.25, 0.3) is 0 Å². The van der Waals surface area contributed by atoms with Crippen molar-refractivity contribution in [1.29, 1.82) is 0 Å². The van der Waals surface area contributed by atoms with E-state index in [9.17, 15) is 4.79 Å². The molecule has 1 saturated carbocycles. The lowest BCUT2D eigenvalue weighted by Crippen LogP contribution is -2.12. The number of ketones is 1. The highest BCUT2D eigenvalue weighted by Gasteiger charge is 2.20. The second-order valence-electron chi connectivity index (χ2n) is 5.96. The van der Waals surface area contributed by atoms with Crippen LogP contribution in [0.4, 0.5) is 0 Å². The summed E-state index contributed by atoms with van der Waals surface area (Å²) in [5.41, 5.74) is 1.77. The van der Waals surface area contributed by atoms with Gasteiger partial charge in [0, 0.05) is 19.9 Å². The standard InChI is InChI=1S/C16H25ClN2O/c1-3-14-16(17)15(19(2)18-14)11-13(20)10-12-8-6-4-5-7-9-12/h12H,3-11H2,1-2H3. The van der Waals surface area contributed by atoms with Gasteiger partial charge in [-0.1, -0.05) is 57.0 Å². The second kappa shape index (κ2) is 7.26. The molecule has 0 saturated heterocycles. The van der Waals surface area contributed by atoms with Crippen molar-refractivity contribution in [2.45, 2.75) is 64.7 Å². The van der Waals surface area contributed by atoms with Gasteiger partial charge in [0.05, 0.1) is 16.4 Å². The van der Waals surface area contributed by atoms with Crippen LogP contribution in [0.15, 0.2) is 0 Å². The van der Waals surface area contributed by atoms with E-state index in [-0.39, 0.29) is 0 Å². The highest BCUT2D eigenvalue weighted by molar-refractivity contribution is 6.32. The number of nitrogens with zero attached hydrogens (tertiary/aromatic N) is 2. The SMILES string of the molecule is CCc1nn(C)c(CC(=O)CC2CCCCCC2)c1Cl. The number of halogens is 1. The fourth-order valence-corrected chi connectivity index (χ4v) is 3.52. The quantitative estimate of drug-likeness (QED) is 0.767. The molecule has 3 nitrogen and oxygen atoms in total. The number of hydrogen-bond acceptors (Lipinski definition) is 2. The number of carbonyl (C=O) groups excluding carboxylic acids is 1. The van der Waals surface area contributed by atoms with E-state index in [2.05, 4.69) is 5.10 Å². The summed E-state index contributed by atoms with van der Waals surface area (Å²) in [6.45, 7) is 2.03. The monoisotopic (exact) mass is 296 g/mol. The lowest BCUT2D eigenvalue weighted by atomic mass is 9.93. The van der Waals surface area contributed by atoms with E-state index in [1.54, 1.807) is 4.68 Å². The molecule has 2 rings (SSSR count). The van der Waals surface area contributed by atoms with Crippen LogP contribution in [0, 0.1) is 5.92 Å². The molecule has 1 heterocycles. The molecule has 1 aliphatic carbocycles. The third-order valence-electron chi connectivity index (χ3n) is 4.36. The first-order valence-corrected chi connectivity index (χ1v) is 8.21. The van der Waals surface area contributed by atoms with Gasteiger partial charge in [-0.15, -0.1) is 0 Å². The third-order valence-corrected chi connectivity index (χ3v) is 4.79. The summed E-state index contributed by atoms with van der Waals surface area (Å²) in [5, 5.41) is 5.06. The van der Waals surface area contributed by atoms with Crippen molar-refractivity contribution in [2.24, 2.45) is 13.0 Å². The molecule has 20 heavy (non-hydrogen) atoms. The highest BCUT2D eigenvalue weighted by Crippen LogP contribution is 2.27. The molecule has 0 amide bonds. The second-order valence-corrected chi connectivity index (χ2v) is 6.34. The number of rotatable bonds is 5. The number of carbonyl (C=O) groups is 1. The van der Waals surface area contributed by atoms with E-state index in [1.807, 2.05) is 14.0 Å². The number of Topliss-reactive ketones (excluding diaryl/α,β-unsaturated/α-hetero) is 1. The summed E-state index contributed by atoms with van der Waals surface area (Å²) >= 11 is 6.31. The summed E-state index contributed by atoms with van der Waals surface area (Å²) in [7, 11) is 1.87. The van der Waals surface area contributed by atoms with Crippen LogP contribution in [0.3, 0.4) is 0 Å². The summed E-state index contributed by atoms with van der Waals surface area (Å²) < 4.78 is 1.77. The van der Waals surface area contributed by atoms with Crippen molar-refractivity contribution in [1.82, 2.24) is 9.78 Å². The van der Waals surface area contributed by atoms with Crippen molar-refractivity contribution in [3.05, 3.63) is 16.4 Å². The smallest absolute Gasteiger partial charge is 0.139 e. The van der Waals surface area contributed by atoms with Gasteiger partial charge in [0.1, 0.15) is 5.78 Å². The van der Waals surface area contributed by atoms with Gasteiger partial charge in [-0.3, -0.25) is 9.48 Å². The summed E-state index contributed by atoms with van der Waals surface area (Å²) in [5.74, 6) is 0.895. The van der Waals surface area contributed by atoms with Crippen LogP contribution in [0.25, 0.3) is 0 Å². The Morgan fingerprint density at radius 2 is 1.95 bits per heavy atom. The van der Waals surface area contributed by atoms with Gasteiger partial charge in [0.15, 0.2) is 0 Å². The minimum Gasteiger partial charge on any atom is -0.299 e. The van der Waals surface area contributed by atoms with E-state index in [4.69, 9.17) is 11.6 Å². The first-order valence-electron chi connectivity index (χ1n) is 7.83. The molecule has 0 radical (unpaired) electrons. The molecule has 0 N–H and O–H groups in total. The largest absolute Gasteiger partial charge is 0.299 e. The highest BCUT2D eigenvalue weighted by atomic mass is 35.5. The first-order chi connectivity index (χ1) is 9.61. The van der Waals surface area contributed by atoms with Crippen LogP contribution >= 0.6 is 11.6 Å². The maximum Gasteiger partial charge on any atom is 0.139 e. The molecule has 0 aromatic carbocycles. The van der Waals surface area contributed by atoms with Crippen molar-refractivity contribution in [2.75, 3.05) is 0 Å². The molecule has 0 unspecified atom stereocenters.